The molecule has 0 radical (unpaired) electrons. The molecule has 24 heteroatoms. The van der Waals surface area contributed by atoms with Crippen LogP contribution in [0.3, 0.4) is 0 Å². The summed E-state index contributed by atoms with van der Waals surface area (Å²) in [5.41, 5.74) is 0.720. The average molecular weight is 1710 g/mol. The Balaban J connectivity index is -0.000000135. The summed E-state index contributed by atoms with van der Waals surface area (Å²) >= 11 is 16.6. The minimum absolute atomic E-state index is 0.000694. The van der Waals surface area contributed by atoms with E-state index in [1.165, 1.54) is 18.2 Å². The van der Waals surface area contributed by atoms with Gasteiger partial charge in [0.05, 0.1) is 0 Å². The van der Waals surface area contributed by atoms with Crippen LogP contribution >= 0.6 is 34.8 Å². The lowest BCUT2D eigenvalue weighted by Crippen LogP contribution is -2.36. The number of hydrogen-bond acceptors (Lipinski definition) is 11. The maximum atomic E-state index is 12.0. The summed E-state index contributed by atoms with van der Waals surface area (Å²) in [6.07, 6.45) is 12.3. The molecule has 0 rings (SSSR count). The summed E-state index contributed by atoms with van der Waals surface area (Å²) in [5, 5.41) is 11.9. The SMILES string of the molecule is C/C=C/C(=O)CCC(C)(C)C.C=C(C(=O)NCC(C)(C)C)C(F)(F)F.C=C(C)C(=O)NCC(C)(C)C.C=CC(=O)CCC(C)(C)C.C=CC(=O)N(C)CC(C)(C)C.C=CC(=O)N(C)CCC(C)(C)C.CC(Cl)C(=O)NCC(C)(C)C.CN(C)C/C=C/C(=O)CCC(C)(C)C.C[C@@H](Cl)C(=O)NCC(C)(C)C.C[C@H](Cl)C(=O)NCC(C)(C)C. The summed E-state index contributed by atoms with van der Waals surface area (Å²) in [5.74, 6) is -0.893. The van der Waals surface area contributed by atoms with E-state index in [1.807, 2.05) is 52.8 Å². The molecule has 0 aromatic rings. The topological polar surface area (TPSA) is 241 Å². The van der Waals surface area contributed by atoms with Gasteiger partial charge >= 0.3 is 6.18 Å². The first-order valence-corrected chi connectivity index (χ1v) is 41.2. The molecule has 0 spiro atoms. The maximum Gasteiger partial charge on any atom is 0.421 e. The van der Waals surface area contributed by atoms with Gasteiger partial charge in [-0.2, -0.15) is 13.2 Å². The Bertz CT molecular complexity index is 2840. The fraction of sp³-hybridized carbons (Fsp3) is 0.739. The van der Waals surface area contributed by atoms with Crippen molar-refractivity contribution in [3.63, 3.8) is 0 Å². The maximum absolute atomic E-state index is 12.0. The molecule has 0 heterocycles. The lowest BCUT2D eigenvalue weighted by atomic mass is 9.89. The molecular formula is C92H172Cl3F3N8O10. The quantitative estimate of drug-likeness (QED) is 0.0403. The number of allylic oxidation sites excluding steroid dienone is 4. The van der Waals surface area contributed by atoms with E-state index in [0.29, 0.717) is 51.0 Å². The van der Waals surface area contributed by atoms with Crippen LogP contribution in [0.15, 0.2) is 86.6 Å². The van der Waals surface area contributed by atoms with Gasteiger partial charge in [-0.15, -0.1) is 34.8 Å². The van der Waals surface area contributed by atoms with Gasteiger partial charge in [-0.05, 0) is 159 Å². The van der Waals surface area contributed by atoms with E-state index in [4.69, 9.17) is 34.8 Å². The summed E-state index contributed by atoms with van der Waals surface area (Å²) < 4.78 is 35.9. The van der Waals surface area contributed by atoms with Gasteiger partial charge in [0.1, 0.15) is 21.7 Å². The summed E-state index contributed by atoms with van der Waals surface area (Å²) in [6, 6.07) is 0. The van der Waals surface area contributed by atoms with Crippen LogP contribution in [-0.2, 0) is 47.9 Å². The highest BCUT2D eigenvalue weighted by atomic mass is 35.5. The van der Waals surface area contributed by atoms with E-state index in [-0.39, 0.29) is 113 Å². The van der Waals surface area contributed by atoms with Gasteiger partial charge in [0.15, 0.2) is 17.3 Å². The number of alkyl halides is 6. The van der Waals surface area contributed by atoms with Gasteiger partial charge in [-0.25, -0.2) is 0 Å². The summed E-state index contributed by atoms with van der Waals surface area (Å²) in [6.45, 7) is 92.7. The zero-order valence-electron chi connectivity index (χ0n) is 80.6. The van der Waals surface area contributed by atoms with Crippen molar-refractivity contribution in [2.75, 3.05) is 80.5 Å². The van der Waals surface area contributed by atoms with Crippen LogP contribution in [0.4, 0.5) is 13.2 Å². The van der Waals surface area contributed by atoms with E-state index in [9.17, 15) is 61.1 Å². The van der Waals surface area contributed by atoms with Gasteiger partial charge in [-0.1, -0.05) is 253 Å². The molecule has 5 N–H and O–H groups in total. The number of ketones is 3. The number of amides is 7. The Labute approximate surface area is 722 Å². The second-order valence-corrected chi connectivity index (χ2v) is 43.1. The highest BCUT2D eigenvalue weighted by Gasteiger charge is 2.37. The smallest absolute Gasteiger partial charge is 0.354 e. The molecule has 0 fully saturated rings. The van der Waals surface area contributed by atoms with E-state index >= 15 is 0 Å². The fourth-order valence-corrected chi connectivity index (χ4v) is 6.85. The van der Waals surface area contributed by atoms with Crippen LogP contribution in [-0.4, -0.2) is 176 Å². The lowest BCUT2D eigenvalue weighted by Gasteiger charge is -2.25. The number of nitrogens with zero attached hydrogens (tertiary/aromatic N) is 3. The predicted molar refractivity (Wildman–Crippen MR) is 491 cm³/mol. The first-order chi connectivity index (χ1) is 51.3. The Morgan fingerprint density at radius 2 is 0.647 bits per heavy atom. The summed E-state index contributed by atoms with van der Waals surface area (Å²) in [4.78, 5) is 115. The number of nitrogens with one attached hydrogen (secondary N) is 5. The molecule has 0 bridgehead atoms. The molecular weight excluding hydrogens is 1540 g/mol. The van der Waals surface area contributed by atoms with Crippen molar-refractivity contribution in [1.29, 1.82) is 0 Å². The number of halogens is 6. The Morgan fingerprint density at radius 1 is 0.379 bits per heavy atom. The van der Waals surface area contributed by atoms with E-state index in [1.54, 1.807) is 69.8 Å². The lowest BCUT2D eigenvalue weighted by molar-refractivity contribution is -0.131. The van der Waals surface area contributed by atoms with Gasteiger partial charge in [0, 0.05) is 91.3 Å². The van der Waals surface area contributed by atoms with Gasteiger partial charge in [-0.3, -0.25) is 47.9 Å². The van der Waals surface area contributed by atoms with Crippen LogP contribution in [0, 0.1) is 54.1 Å². The minimum Gasteiger partial charge on any atom is -0.354 e. The van der Waals surface area contributed by atoms with Crippen LogP contribution in [0.5, 0.6) is 0 Å². The molecule has 7 amide bonds. The Kier molecular flexibility index (Phi) is 72.2. The van der Waals surface area contributed by atoms with Crippen LogP contribution in [0.1, 0.15) is 287 Å². The van der Waals surface area contributed by atoms with Gasteiger partial charge in [0.25, 0.3) is 5.91 Å². The molecule has 116 heavy (non-hydrogen) atoms. The van der Waals surface area contributed by atoms with Crippen molar-refractivity contribution < 1.29 is 61.1 Å². The zero-order chi connectivity index (χ0) is 95.0. The predicted octanol–water partition coefficient (Wildman–Crippen LogP) is 21.1. The molecule has 0 aliphatic carbocycles. The number of hydrogen-bond donors (Lipinski definition) is 5. The number of carbonyl (C=O) groups excluding carboxylic acids is 10. The molecule has 0 saturated carbocycles. The van der Waals surface area contributed by atoms with Crippen LogP contribution < -0.4 is 26.6 Å². The molecule has 1 unspecified atom stereocenters. The minimum atomic E-state index is -4.65. The molecule has 682 valence electrons. The standard InChI is InChI=1S/C12H23NO.C10H19NO.C10H18O.C9H14F3NO.2C9H17NO.C9H16O.3C8H16ClNO/c1-12(2,3)9-8-11(14)7-6-10-13(4)5;1-6-9(12)11(5)8-7-10(2,3)4;1-5-6-9(11)7-8-10(2,3)4;1-6(9(10,11)12)7(14)13-5-8(2,3)4;1-7(2)8(11)10-6-9(3,4)5;1-6-8(11)10(5)7-9(2,3)4;1-5-8(10)6-7-9(2,3)4;3*1-6(9)7(11)10-5-8(2,3)4/h6-7H,8-10H2,1-5H3;6H,1,7-8H2,2-5H3;5-6H,7-8H2,1-4H3;1,5H2,2-4H3,(H,13,14);1,6H2,2-5H3,(H,10,11);6H,1,7H2,2-5H3;5H,1,6-7H2,2-4H3;3*6H,5H2,1-4H3,(H,10,11)/b7-6+;;6-5+;;;;;;;/t;;;;;;;2*6-;/m.......10./s1. The van der Waals surface area contributed by atoms with Crippen LogP contribution in [0.25, 0.3) is 0 Å². The Hall–Kier alpha value is -5.90. The second kappa shape index (κ2) is 64.0. The van der Waals surface area contributed by atoms with Crippen molar-refractivity contribution in [2.24, 2.45) is 54.1 Å². The van der Waals surface area contributed by atoms with Crippen molar-refractivity contribution in [2.45, 2.75) is 310 Å². The second-order valence-electron chi connectivity index (χ2n) is 41.1. The van der Waals surface area contributed by atoms with Crippen molar-refractivity contribution in [3.8, 4) is 0 Å². The molecule has 3 atom stereocenters. The largest absolute Gasteiger partial charge is 0.421 e. The zero-order valence-corrected chi connectivity index (χ0v) is 82.9. The third-order valence-electron chi connectivity index (χ3n) is 13.8. The number of rotatable bonds is 26. The highest BCUT2D eigenvalue weighted by molar-refractivity contribution is 6.31. The molecule has 0 aromatic carbocycles. The third-order valence-corrected chi connectivity index (χ3v) is 14.3. The number of likely N-dealkylation sites (N-methyl/N-ethyl adjacent to an activating group) is 3. The molecule has 0 aliphatic rings. The van der Waals surface area contributed by atoms with Crippen molar-refractivity contribution in [3.05, 3.63) is 86.6 Å². The van der Waals surface area contributed by atoms with Gasteiger partial charge in [0.2, 0.25) is 35.4 Å². The monoisotopic (exact) mass is 1710 g/mol. The molecule has 0 saturated heterocycles. The first-order valence-electron chi connectivity index (χ1n) is 39.9. The summed E-state index contributed by atoms with van der Waals surface area (Å²) in [7, 11) is 7.57. The third kappa shape index (κ3) is 119. The molecule has 0 aromatic heterocycles. The van der Waals surface area contributed by atoms with Crippen molar-refractivity contribution in [1.82, 2.24) is 41.3 Å². The molecule has 0 aliphatic heterocycles. The van der Waals surface area contributed by atoms with Gasteiger partial charge < -0.3 is 41.3 Å². The van der Waals surface area contributed by atoms with E-state index in [0.717, 1.165) is 45.3 Å². The first kappa shape index (κ1) is 131. The number of carbonyl (C=O) groups is 10. The van der Waals surface area contributed by atoms with E-state index < -0.39 is 33.8 Å². The van der Waals surface area contributed by atoms with Crippen LogP contribution in [0.2, 0.25) is 0 Å². The Morgan fingerprint density at radius 3 is 0.871 bits per heavy atom. The normalized spacial score (nSPS) is 12.4. The van der Waals surface area contributed by atoms with Crippen molar-refractivity contribution >= 4 is 93.5 Å². The van der Waals surface area contributed by atoms with E-state index in [2.05, 4.69) is 246 Å². The highest BCUT2D eigenvalue weighted by Crippen LogP contribution is 2.26. The fourth-order valence-electron chi connectivity index (χ4n) is 6.61. The molecule has 18 nitrogen and oxygen atoms in total. The average Bonchev–Trinajstić information content (AvgIpc) is 0.876.